The van der Waals surface area contributed by atoms with Gasteiger partial charge in [0, 0.05) is 62.3 Å². The molecule has 30 heavy (non-hydrogen) atoms. The van der Waals surface area contributed by atoms with Crippen molar-refractivity contribution in [1.82, 2.24) is 9.88 Å². The maximum Gasteiger partial charge on any atom is 0.293 e. The second-order valence-electron chi connectivity index (χ2n) is 7.27. The number of benzene rings is 2. The molecular weight excluding hydrogens is 380 g/mol. The minimum Gasteiger partial charge on any atom is -0.363 e. The van der Waals surface area contributed by atoms with Crippen molar-refractivity contribution in [2.24, 2.45) is 0 Å². The molecule has 0 bridgehead atoms. The molecule has 1 saturated heterocycles. The van der Waals surface area contributed by atoms with Crippen LogP contribution in [-0.2, 0) is 6.54 Å². The standard InChI is InChI=1S/C23H22N4O3/c28-23(19-4-2-1-3-5-19)20-6-7-21(22(16-20)27(29)30)26-14-12-25(13-15-26)17-18-8-10-24-11-9-18/h1-11,16H,12-15,17H2. The van der Waals surface area contributed by atoms with E-state index in [0.29, 0.717) is 29.9 Å². The molecule has 7 heteroatoms. The van der Waals surface area contributed by atoms with E-state index in [9.17, 15) is 14.9 Å². The minimum atomic E-state index is -0.402. The van der Waals surface area contributed by atoms with E-state index in [1.54, 1.807) is 48.8 Å². The third-order valence-electron chi connectivity index (χ3n) is 5.34. The largest absolute Gasteiger partial charge is 0.363 e. The first-order valence-electron chi connectivity index (χ1n) is 9.86. The van der Waals surface area contributed by atoms with Gasteiger partial charge in [-0.15, -0.1) is 0 Å². The summed E-state index contributed by atoms with van der Waals surface area (Å²) < 4.78 is 0. The highest BCUT2D eigenvalue weighted by molar-refractivity contribution is 6.09. The van der Waals surface area contributed by atoms with Gasteiger partial charge in [0.2, 0.25) is 0 Å². The van der Waals surface area contributed by atoms with Gasteiger partial charge in [0.25, 0.3) is 5.69 Å². The van der Waals surface area contributed by atoms with Crippen LogP contribution in [0.1, 0.15) is 21.5 Å². The molecule has 1 aliphatic rings. The zero-order valence-electron chi connectivity index (χ0n) is 16.5. The first-order valence-corrected chi connectivity index (χ1v) is 9.86. The van der Waals surface area contributed by atoms with Crippen LogP contribution in [0.15, 0.2) is 73.1 Å². The number of nitro groups is 1. The van der Waals surface area contributed by atoms with Crippen molar-refractivity contribution >= 4 is 17.2 Å². The fourth-order valence-electron chi connectivity index (χ4n) is 3.73. The van der Waals surface area contributed by atoms with Crippen molar-refractivity contribution < 1.29 is 9.72 Å². The summed E-state index contributed by atoms with van der Waals surface area (Å²) in [6.07, 6.45) is 3.57. The Morgan fingerprint density at radius 2 is 1.63 bits per heavy atom. The Bertz CT molecular complexity index is 1030. The molecule has 1 aromatic heterocycles. The summed E-state index contributed by atoms with van der Waals surface area (Å²) in [5, 5.41) is 11.7. The van der Waals surface area contributed by atoms with E-state index in [-0.39, 0.29) is 11.5 Å². The summed E-state index contributed by atoms with van der Waals surface area (Å²) in [4.78, 5) is 32.4. The van der Waals surface area contributed by atoms with Crippen molar-refractivity contribution in [2.45, 2.75) is 6.54 Å². The summed E-state index contributed by atoms with van der Waals surface area (Å²) in [7, 11) is 0. The Hall–Kier alpha value is -3.58. The lowest BCUT2D eigenvalue weighted by Crippen LogP contribution is -2.46. The summed E-state index contributed by atoms with van der Waals surface area (Å²) >= 11 is 0. The first-order chi connectivity index (χ1) is 14.6. The van der Waals surface area contributed by atoms with Crippen LogP contribution in [0.5, 0.6) is 0 Å². The van der Waals surface area contributed by atoms with E-state index in [4.69, 9.17) is 0 Å². The van der Waals surface area contributed by atoms with Gasteiger partial charge in [0.15, 0.2) is 5.78 Å². The molecule has 2 heterocycles. The Kier molecular flexibility index (Phi) is 5.81. The lowest BCUT2D eigenvalue weighted by Gasteiger charge is -2.35. The first kappa shape index (κ1) is 19.7. The zero-order chi connectivity index (χ0) is 20.9. The molecule has 0 radical (unpaired) electrons. The summed E-state index contributed by atoms with van der Waals surface area (Å²) in [5.74, 6) is -0.215. The molecule has 3 aromatic rings. The van der Waals surface area contributed by atoms with Gasteiger partial charge in [0.1, 0.15) is 5.69 Å². The summed E-state index contributed by atoms with van der Waals surface area (Å²) in [6.45, 7) is 3.84. The number of hydrogen-bond acceptors (Lipinski definition) is 6. The van der Waals surface area contributed by atoms with Crippen molar-refractivity contribution in [2.75, 3.05) is 31.1 Å². The molecule has 0 spiro atoms. The van der Waals surface area contributed by atoms with Crippen LogP contribution in [-0.4, -0.2) is 46.8 Å². The average molecular weight is 402 g/mol. The molecule has 0 saturated carbocycles. The number of carbonyl (C=O) groups excluding carboxylic acids is 1. The second kappa shape index (κ2) is 8.84. The normalized spacial score (nSPS) is 14.5. The predicted octanol–water partition coefficient (Wildman–Crippen LogP) is 3.54. The minimum absolute atomic E-state index is 0.0284. The molecule has 2 aromatic carbocycles. The number of carbonyl (C=O) groups is 1. The third-order valence-corrected chi connectivity index (χ3v) is 5.34. The van der Waals surface area contributed by atoms with E-state index < -0.39 is 4.92 Å². The lowest BCUT2D eigenvalue weighted by atomic mass is 10.0. The Morgan fingerprint density at radius 1 is 0.933 bits per heavy atom. The average Bonchev–Trinajstić information content (AvgIpc) is 2.80. The Balaban J connectivity index is 1.49. The molecule has 0 unspecified atom stereocenters. The Labute approximate surface area is 174 Å². The van der Waals surface area contributed by atoms with E-state index in [1.807, 2.05) is 23.1 Å². The number of ketones is 1. The molecule has 0 amide bonds. The molecule has 7 nitrogen and oxygen atoms in total. The smallest absolute Gasteiger partial charge is 0.293 e. The van der Waals surface area contributed by atoms with Crippen LogP contribution < -0.4 is 4.90 Å². The van der Waals surface area contributed by atoms with Gasteiger partial charge in [-0.2, -0.15) is 0 Å². The monoisotopic (exact) mass is 402 g/mol. The molecule has 0 N–H and O–H groups in total. The highest BCUT2D eigenvalue weighted by Crippen LogP contribution is 2.31. The number of hydrogen-bond donors (Lipinski definition) is 0. The SMILES string of the molecule is O=C(c1ccccc1)c1ccc(N2CCN(Cc3ccncc3)CC2)c([N+](=O)[O-])c1. The molecule has 1 fully saturated rings. The predicted molar refractivity (Wildman–Crippen MR) is 115 cm³/mol. The summed E-state index contributed by atoms with van der Waals surface area (Å²) in [5.41, 5.74) is 2.58. The number of piperazine rings is 1. The molecule has 1 aliphatic heterocycles. The second-order valence-corrected chi connectivity index (χ2v) is 7.27. The van der Waals surface area contributed by atoms with Gasteiger partial charge in [0.05, 0.1) is 4.92 Å². The topological polar surface area (TPSA) is 79.6 Å². The van der Waals surface area contributed by atoms with Crippen molar-refractivity contribution in [3.8, 4) is 0 Å². The van der Waals surface area contributed by atoms with E-state index in [2.05, 4.69) is 9.88 Å². The molecular formula is C23H22N4O3. The lowest BCUT2D eigenvalue weighted by molar-refractivity contribution is -0.384. The number of rotatable bonds is 6. The van der Waals surface area contributed by atoms with Gasteiger partial charge in [-0.05, 0) is 29.8 Å². The number of anilines is 1. The fraction of sp³-hybridized carbons (Fsp3) is 0.217. The molecule has 4 rings (SSSR count). The Morgan fingerprint density at radius 3 is 2.30 bits per heavy atom. The third kappa shape index (κ3) is 4.36. The van der Waals surface area contributed by atoms with Gasteiger partial charge in [-0.1, -0.05) is 30.3 Å². The molecule has 0 atom stereocenters. The maximum atomic E-state index is 12.7. The van der Waals surface area contributed by atoms with Crippen molar-refractivity contribution in [3.05, 3.63) is 99.9 Å². The van der Waals surface area contributed by atoms with Crippen molar-refractivity contribution in [1.29, 1.82) is 0 Å². The van der Waals surface area contributed by atoms with Crippen molar-refractivity contribution in [3.63, 3.8) is 0 Å². The van der Waals surface area contributed by atoms with E-state index in [0.717, 1.165) is 19.6 Å². The van der Waals surface area contributed by atoms with Crippen LogP contribution in [0.3, 0.4) is 0 Å². The highest BCUT2D eigenvalue weighted by atomic mass is 16.6. The maximum absolute atomic E-state index is 12.7. The summed E-state index contributed by atoms with van der Waals surface area (Å²) in [6, 6.07) is 17.6. The van der Waals surface area contributed by atoms with Crippen LogP contribution >= 0.6 is 0 Å². The quantitative estimate of drug-likeness (QED) is 0.356. The number of aromatic nitrogens is 1. The van der Waals surface area contributed by atoms with Crippen LogP contribution in [0.4, 0.5) is 11.4 Å². The van der Waals surface area contributed by atoms with Gasteiger partial charge < -0.3 is 4.90 Å². The molecule has 152 valence electrons. The molecule has 0 aliphatic carbocycles. The number of pyridine rings is 1. The van der Waals surface area contributed by atoms with Gasteiger partial charge in [-0.3, -0.25) is 24.8 Å². The zero-order valence-corrected chi connectivity index (χ0v) is 16.5. The van der Waals surface area contributed by atoms with Crippen LogP contribution in [0.2, 0.25) is 0 Å². The van der Waals surface area contributed by atoms with Gasteiger partial charge >= 0.3 is 0 Å². The number of nitrogens with zero attached hydrogens (tertiary/aromatic N) is 4. The van der Waals surface area contributed by atoms with E-state index >= 15 is 0 Å². The van der Waals surface area contributed by atoms with Crippen LogP contribution in [0, 0.1) is 10.1 Å². The number of nitro benzene ring substituents is 1. The van der Waals surface area contributed by atoms with Gasteiger partial charge in [-0.25, -0.2) is 0 Å². The highest BCUT2D eigenvalue weighted by Gasteiger charge is 2.25. The van der Waals surface area contributed by atoms with E-state index in [1.165, 1.54) is 11.6 Å². The van der Waals surface area contributed by atoms with Crippen LogP contribution in [0.25, 0.3) is 0 Å². The fourth-order valence-corrected chi connectivity index (χ4v) is 3.73.